The number of pyridine rings is 1. The van der Waals surface area contributed by atoms with Crippen molar-refractivity contribution in [2.24, 2.45) is 0 Å². The van der Waals surface area contributed by atoms with E-state index in [1.165, 1.54) is 12.1 Å². The van der Waals surface area contributed by atoms with Crippen LogP contribution in [0.1, 0.15) is 5.69 Å². The topological polar surface area (TPSA) is 30.0 Å². The Balaban J connectivity index is 1.98. The maximum atomic E-state index is 12.9. The van der Waals surface area contributed by atoms with Gasteiger partial charge >= 0.3 is 0 Å². The van der Waals surface area contributed by atoms with Crippen molar-refractivity contribution in [1.82, 2.24) is 4.98 Å². The largest absolute Gasteiger partial charge is 0.261 e. The first-order valence-corrected chi connectivity index (χ1v) is 6.61. The van der Waals surface area contributed by atoms with E-state index < -0.39 is 10.8 Å². The third kappa shape index (κ3) is 3.46. The highest BCUT2D eigenvalue weighted by molar-refractivity contribution is 7.85. The molecule has 4 heteroatoms. The number of hydrogen-bond donors (Lipinski definition) is 0. The standard InChI is InChI=1S/C13H12FNOS/c14-11-4-3-6-13(10-11)17(16)9-7-12-5-1-2-8-15-12/h1-6,8,10H,7,9H2. The Morgan fingerprint density at radius 3 is 2.76 bits per heavy atom. The molecule has 0 radical (unpaired) electrons. The Hall–Kier alpha value is -1.55. The van der Waals surface area contributed by atoms with Gasteiger partial charge in [-0.05, 0) is 30.3 Å². The summed E-state index contributed by atoms with van der Waals surface area (Å²) in [7, 11) is -1.17. The molecule has 0 aliphatic carbocycles. The lowest BCUT2D eigenvalue weighted by molar-refractivity contribution is 0.622. The molecule has 1 atom stereocenters. The van der Waals surface area contributed by atoms with E-state index >= 15 is 0 Å². The molecular formula is C13H12FNOS. The van der Waals surface area contributed by atoms with Crippen LogP contribution in [0.3, 0.4) is 0 Å². The van der Waals surface area contributed by atoms with Gasteiger partial charge in [0.1, 0.15) is 5.82 Å². The van der Waals surface area contributed by atoms with E-state index in [1.807, 2.05) is 18.2 Å². The van der Waals surface area contributed by atoms with Crippen molar-refractivity contribution < 1.29 is 8.60 Å². The molecule has 1 aromatic heterocycles. The molecule has 2 aromatic rings. The second-order valence-corrected chi connectivity index (χ2v) is 5.15. The summed E-state index contributed by atoms with van der Waals surface area (Å²) < 4.78 is 24.8. The lowest BCUT2D eigenvalue weighted by atomic mass is 10.3. The summed E-state index contributed by atoms with van der Waals surface area (Å²) >= 11 is 0. The smallest absolute Gasteiger partial charge is 0.124 e. The minimum Gasteiger partial charge on any atom is -0.261 e. The number of nitrogens with zero attached hydrogens (tertiary/aromatic N) is 1. The van der Waals surface area contributed by atoms with Crippen LogP contribution in [0.4, 0.5) is 4.39 Å². The molecule has 0 spiro atoms. The van der Waals surface area contributed by atoms with E-state index in [-0.39, 0.29) is 5.82 Å². The van der Waals surface area contributed by atoms with E-state index in [0.717, 1.165) is 5.69 Å². The van der Waals surface area contributed by atoms with Gasteiger partial charge in [-0.2, -0.15) is 0 Å². The van der Waals surface area contributed by atoms with E-state index in [1.54, 1.807) is 18.3 Å². The van der Waals surface area contributed by atoms with Crippen molar-refractivity contribution in [2.45, 2.75) is 11.3 Å². The molecule has 1 heterocycles. The minimum absolute atomic E-state index is 0.353. The second kappa shape index (κ2) is 5.68. The van der Waals surface area contributed by atoms with E-state index in [9.17, 15) is 8.60 Å². The van der Waals surface area contributed by atoms with Gasteiger partial charge in [0.15, 0.2) is 0 Å². The summed E-state index contributed by atoms with van der Waals surface area (Å²) in [5, 5.41) is 0. The fourth-order valence-corrected chi connectivity index (χ4v) is 2.57. The molecule has 0 aliphatic heterocycles. The first kappa shape index (κ1) is 11.9. The summed E-state index contributed by atoms with van der Waals surface area (Å²) in [6, 6.07) is 11.5. The van der Waals surface area contributed by atoms with E-state index in [0.29, 0.717) is 17.1 Å². The van der Waals surface area contributed by atoms with Crippen molar-refractivity contribution >= 4 is 10.8 Å². The average molecular weight is 249 g/mol. The number of benzene rings is 1. The molecule has 0 bridgehead atoms. The summed E-state index contributed by atoms with van der Waals surface area (Å²) in [4.78, 5) is 4.68. The van der Waals surface area contributed by atoms with E-state index in [2.05, 4.69) is 4.98 Å². The number of aryl methyl sites for hydroxylation is 1. The number of hydrogen-bond acceptors (Lipinski definition) is 2. The first-order valence-electron chi connectivity index (χ1n) is 5.29. The minimum atomic E-state index is -1.17. The monoisotopic (exact) mass is 249 g/mol. The fourth-order valence-electron chi connectivity index (χ4n) is 1.47. The van der Waals surface area contributed by atoms with Crippen molar-refractivity contribution in [1.29, 1.82) is 0 Å². The summed E-state index contributed by atoms with van der Waals surface area (Å²) in [6.45, 7) is 0. The molecule has 1 unspecified atom stereocenters. The Kier molecular flexibility index (Phi) is 3.98. The van der Waals surface area contributed by atoms with Gasteiger partial charge in [-0.3, -0.25) is 9.19 Å². The highest BCUT2D eigenvalue weighted by Gasteiger charge is 2.05. The van der Waals surface area contributed by atoms with Gasteiger partial charge in [0.25, 0.3) is 0 Å². The molecule has 0 aliphatic rings. The molecule has 1 aromatic carbocycles. The average Bonchev–Trinajstić information content (AvgIpc) is 2.37. The molecule has 0 fully saturated rings. The Bertz CT molecular complexity index is 516. The number of rotatable bonds is 4. The van der Waals surface area contributed by atoms with Crippen LogP contribution < -0.4 is 0 Å². The zero-order valence-corrected chi connectivity index (χ0v) is 9.99. The maximum absolute atomic E-state index is 12.9. The van der Waals surface area contributed by atoms with Crippen LogP contribution in [0, 0.1) is 5.82 Å². The lowest BCUT2D eigenvalue weighted by Crippen LogP contribution is -2.03. The van der Waals surface area contributed by atoms with Crippen molar-refractivity contribution in [3.63, 3.8) is 0 Å². The lowest BCUT2D eigenvalue weighted by Gasteiger charge is -2.02. The predicted molar refractivity (Wildman–Crippen MR) is 65.6 cm³/mol. The summed E-state index contributed by atoms with van der Waals surface area (Å²) in [5.41, 5.74) is 0.900. The van der Waals surface area contributed by atoms with Gasteiger partial charge in [-0.25, -0.2) is 4.39 Å². The normalized spacial score (nSPS) is 12.3. The molecule has 0 saturated heterocycles. The van der Waals surface area contributed by atoms with Gasteiger partial charge in [-0.15, -0.1) is 0 Å². The van der Waals surface area contributed by atoms with Crippen LogP contribution in [0.5, 0.6) is 0 Å². The molecule has 0 N–H and O–H groups in total. The predicted octanol–water partition coefficient (Wildman–Crippen LogP) is 2.57. The van der Waals surface area contributed by atoms with Gasteiger partial charge in [-0.1, -0.05) is 12.1 Å². The molecule has 0 saturated carbocycles. The quantitative estimate of drug-likeness (QED) is 0.833. The Labute approximate surface area is 102 Å². The number of aromatic nitrogens is 1. The van der Waals surface area contributed by atoms with Gasteiger partial charge in [0.2, 0.25) is 0 Å². The highest BCUT2D eigenvalue weighted by Crippen LogP contribution is 2.10. The molecule has 0 amide bonds. The Morgan fingerprint density at radius 1 is 1.18 bits per heavy atom. The maximum Gasteiger partial charge on any atom is 0.124 e. The van der Waals surface area contributed by atoms with Crippen LogP contribution in [0.15, 0.2) is 53.6 Å². The van der Waals surface area contributed by atoms with Gasteiger partial charge in [0.05, 0.1) is 10.8 Å². The van der Waals surface area contributed by atoms with Crippen molar-refractivity contribution in [3.8, 4) is 0 Å². The van der Waals surface area contributed by atoms with Crippen LogP contribution in [0.25, 0.3) is 0 Å². The first-order chi connectivity index (χ1) is 8.25. The number of halogens is 1. The van der Waals surface area contributed by atoms with Crippen LogP contribution in [-0.2, 0) is 17.2 Å². The Morgan fingerprint density at radius 2 is 2.06 bits per heavy atom. The zero-order valence-electron chi connectivity index (χ0n) is 9.17. The molecule has 88 valence electrons. The summed E-state index contributed by atoms with van der Waals surface area (Å²) in [5.74, 6) is 0.106. The third-order valence-electron chi connectivity index (χ3n) is 2.33. The third-order valence-corrected chi connectivity index (χ3v) is 3.68. The van der Waals surface area contributed by atoms with Crippen LogP contribution in [0.2, 0.25) is 0 Å². The van der Waals surface area contributed by atoms with Crippen LogP contribution >= 0.6 is 0 Å². The van der Waals surface area contributed by atoms with Gasteiger partial charge < -0.3 is 0 Å². The van der Waals surface area contributed by atoms with Crippen LogP contribution in [-0.4, -0.2) is 14.9 Å². The molecule has 17 heavy (non-hydrogen) atoms. The summed E-state index contributed by atoms with van der Waals surface area (Å²) in [6.07, 6.45) is 2.34. The van der Waals surface area contributed by atoms with Crippen molar-refractivity contribution in [3.05, 3.63) is 60.2 Å². The zero-order chi connectivity index (χ0) is 12.1. The molecule has 2 rings (SSSR count). The second-order valence-electron chi connectivity index (χ2n) is 3.58. The molecular weight excluding hydrogens is 237 g/mol. The molecule has 2 nitrogen and oxygen atoms in total. The SMILES string of the molecule is O=S(CCc1ccccn1)c1cccc(F)c1. The fraction of sp³-hybridized carbons (Fsp3) is 0.154. The van der Waals surface area contributed by atoms with Crippen molar-refractivity contribution in [2.75, 3.05) is 5.75 Å². The van der Waals surface area contributed by atoms with E-state index in [4.69, 9.17) is 0 Å². The highest BCUT2D eigenvalue weighted by atomic mass is 32.2. The van der Waals surface area contributed by atoms with Gasteiger partial charge in [0, 0.05) is 29.0 Å².